The van der Waals surface area contributed by atoms with Crippen molar-refractivity contribution in [3.05, 3.63) is 59.4 Å². The van der Waals surface area contributed by atoms with E-state index in [2.05, 4.69) is 15.3 Å². The number of ketones is 1. The molecule has 2 aliphatic carbocycles. The van der Waals surface area contributed by atoms with Crippen LogP contribution in [0.1, 0.15) is 36.0 Å². The summed E-state index contributed by atoms with van der Waals surface area (Å²) in [6.07, 6.45) is 10.1. The quantitative estimate of drug-likeness (QED) is 0.782. The van der Waals surface area contributed by atoms with Crippen molar-refractivity contribution in [2.75, 3.05) is 5.32 Å². The normalized spacial score (nSPS) is 21.4. The van der Waals surface area contributed by atoms with Gasteiger partial charge in [-0.25, -0.2) is 4.98 Å². The van der Waals surface area contributed by atoms with Crippen LogP contribution in [-0.4, -0.2) is 28.0 Å². The lowest BCUT2D eigenvalue weighted by Crippen LogP contribution is -2.39. The molecule has 0 saturated heterocycles. The predicted molar refractivity (Wildman–Crippen MR) is 114 cm³/mol. The van der Waals surface area contributed by atoms with E-state index in [-0.39, 0.29) is 11.7 Å². The van der Waals surface area contributed by atoms with Crippen LogP contribution in [0.15, 0.2) is 47.7 Å². The number of carbonyl (C=O) groups excluding carboxylic acids is 2. The Kier molecular flexibility index (Phi) is 3.46. The minimum atomic E-state index is -0.709. The van der Waals surface area contributed by atoms with Crippen LogP contribution in [0.2, 0.25) is 0 Å². The van der Waals surface area contributed by atoms with Crippen LogP contribution in [0, 0.1) is 6.92 Å². The van der Waals surface area contributed by atoms with Gasteiger partial charge in [0.15, 0.2) is 11.4 Å². The van der Waals surface area contributed by atoms with Crippen LogP contribution >= 0.6 is 0 Å². The number of aliphatic imine (C=N–C) groups is 1. The summed E-state index contributed by atoms with van der Waals surface area (Å²) in [5.41, 5.74) is 6.28. The number of hydrogen-bond acceptors (Lipinski definition) is 5. The molecule has 1 amide bonds. The van der Waals surface area contributed by atoms with Gasteiger partial charge in [0, 0.05) is 54.9 Å². The molecule has 6 nitrogen and oxygen atoms in total. The largest absolute Gasteiger partial charge is 0.459 e. The Labute approximate surface area is 173 Å². The van der Waals surface area contributed by atoms with E-state index in [1.54, 1.807) is 12.4 Å². The molecule has 4 aliphatic rings. The SMILES string of the molecule is Cc1c(-c2ccc3c(c2)/C(=C/C2=NC=CC2)C(=O)C3)cnc2c1NC(=O)C1(CC1)O2. The number of hydrogen-bond donors (Lipinski definition) is 1. The second-order valence-corrected chi connectivity index (χ2v) is 8.27. The van der Waals surface area contributed by atoms with Crippen molar-refractivity contribution in [3.63, 3.8) is 0 Å². The number of amides is 1. The van der Waals surface area contributed by atoms with Gasteiger partial charge in [0.1, 0.15) is 5.69 Å². The smallest absolute Gasteiger partial charge is 0.268 e. The molecule has 2 aliphatic heterocycles. The average Bonchev–Trinajstić information content (AvgIpc) is 3.18. The lowest BCUT2D eigenvalue weighted by molar-refractivity contribution is -0.125. The van der Waals surface area contributed by atoms with Crippen LogP contribution < -0.4 is 10.1 Å². The highest BCUT2D eigenvalue weighted by Gasteiger charge is 2.56. The lowest BCUT2D eigenvalue weighted by atomic mass is 9.96. The number of rotatable bonds is 2. The van der Waals surface area contributed by atoms with E-state index in [9.17, 15) is 9.59 Å². The Morgan fingerprint density at radius 1 is 1.20 bits per heavy atom. The maximum atomic E-state index is 12.6. The Bertz CT molecular complexity index is 1250. The summed E-state index contributed by atoms with van der Waals surface area (Å²) in [6, 6.07) is 6.05. The molecule has 1 fully saturated rings. The minimum Gasteiger partial charge on any atom is -0.459 e. The predicted octanol–water partition coefficient (Wildman–Crippen LogP) is 3.79. The Balaban J connectivity index is 1.42. The van der Waals surface area contributed by atoms with Gasteiger partial charge < -0.3 is 10.1 Å². The van der Waals surface area contributed by atoms with Crippen molar-refractivity contribution in [3.8, 4) is 17.0 Å². The van der Waals surface area contributed by atoms with Gasteiger partial charge in [-0.3, -0.25) is 14.6 Å². The Morgan fingerprint density at radius 3 is 2.83 bits per heavy atom. The summed E-state index contributed by atoms with van der Waals surface area (Å²) in [6.45, 7) is 1.96. The maximum absolute atomic E-state index is 12.6. The van der Waals surface area contributed by atoms with Crippen LogP contribution in [0.25, 0.3) is 16.7 Å². The molecule has 30 heavy (non-hydrogen) atoms. The highest BCUT2D eigenvalue weighted by molar-refractivity contribution is 6.29. The van der Waals surface area contributed by atoms with Crippen molar-refractivity contribution in [1.82, 2.24) is 4.98 Å². The molecule has 6 heteroatoms. The standard InChI is InChI=1S/C24H19N3O3/c1-13-19(12-26-22-21(13)27-23(29)24(30-22)6-7-24)14-4-5-15-10-20(28)18(17(15)9-14)11-16-3-2-8-25-16/h2,4-5,8-9,11-12H,3,6-7,10H2,1H3,(H,27,29)/b18-11-. The summed E-state index contributed by atoms with van der Waals surface area (Å²) in [4.78, 5) is 33.8. The van der Waals surface area contributed by atoms with Gasteiger partial charge in [-0.15, -0.1) is 0 Å². The number of aromatic nitrogens is 1. The minimum absolute atomic E-state index is 0.0900. The van der Waals surface area contributed by atoms with E-state index in [4.69, 9.17) is 4.74 Å². The van der Waals surface area contributed by atoms with Gasteiger partial charge >= 0.3 is 0 Å². The topological polar surface area (TPSA) is 80.7 Å². The molecule has 2 aromatic rings. The first kappa shape index (κ1) is 17.3. The molecule has 0 unspecified atom stereocenters. The van der Waals surface area contributed by atoms with Crippen LogP contribution in [0.3, 0.4) is 0 Å². The number of benzene rings is 1. The van der Waals surface area contributed by atoms with Gasteiger partial charge in [0.05, 0.1) is 0 Å². The molecular weight excluding hydrogens is 378 g/mol. The van der Waals surface area contributed by atoms with Gasteiger partial charge in [-0.1, -0.05) is 18.2 Å². The number of allylic oxidation sites excluding steroid dienone is 3. The molecule has 0 bridgehead atoms. The first-order valence-electron chi connectivity index (χ1n) is 10.1. The highest BCUT2D eigenvalue weighted by Crippen LogP contribution is 2.48. The third kappa shape index (κ3) is 2.49. The van der Waals surface area contributed by atoms with Crippen molar-refractivity contribution >= 4 is 28.7 Å². The third-order valence-corrected chi connectivity index (χ3v) is 6.30. The van der Waals surface area contributed by atoms with Crippen molar-refractivity contribution in [2.24, 2.45) is 4.99 Å². The molecule has 148 valence electrons. The molecule has 1 aromatic carbocycles. The van der Waals surface area contributed by atoms with E-state index < -0.39 is 5.60 Å². The van der Waals surface area contributed by atoms with Crippen molar-refractivity contribution in [1.29, 1.82) is 0 Å². The fourth-order valence-corrected chi connectivity index (χ4v) is 4.36. The zero-order valence-corrected chi connectivity index (χ0v) is 16.5. The molecule has 3 heterocycles. The Morgan fingerprint density at radius 2 is 2.07 bits per heavy atom. The number of pyridine rings is 1. The van der Waals surface area contributed by atoms with Gasteiger partial charge in [-0.2, -0.15) is 0 Å². The summed E-state index contributed by atoms with van der Waals surface area (Å²) in [5, 5.41) is 2.99. The first-order chi connectivity index (χ1) is 14.5. The monoisotopic (exact) mass is 397 g/mol. The van der Waals surface area contributed by atoms with Gasteiger partial charge in [-0.05, 0) is 41.3 Å². The molecule has 0 radical (unpaired) electrons. The number of Topliss-reactive ketones (excluding diaryl/α,β-unsaturated/α-hetero) is 1. The second-order valence-electron chi connectivity index (χ2n) is 8.27. The zero-order chi connectivity index (χ0) is 20.5. The number of fused-ring (bicyclic) bond motifs is 2. The van der Waals surface area contributed by atoms with E-state index in [0.29, 0.717) is 23.6 Å². The number of nitrogens with one attached hydrogen (secondary N) is 1. The molecule has 6 rings (SSSR count). The summed E-state index contributed by atoms with van der Waals surface area (Å²) < 4.78 is 5.90. The molecule has 1 spiro atoms. The van der Waals surface area contributed by atoms with Crippen molar-refractivity contribution in [2.45, 2.75) is 38.2 Å². The number of carbonyl (C=O) groups is 2. The highest BCUT2D eigenvalue weighted by atomic mass is 16.5. The van der Waals surface area contributed by atoms with Crippen LogP contribution in [0.5, 0.6) is 5.88 Å². The Hall–Kier alpha value is -3.54. The number of ether oxygens (including phenoxy) is 1. The molecular formula is C24H19N3O3. The van der Waals surface area contributed by atoms with E-state index in [1.807, 2.05) is 37.3 Å². The van der Waals surface area contributed by atoms with Crippen molar-refractivity contribution < 1.29 is 14.3 Å². The van der Waals surface area contributed by atoms with Crippen LogP contribution in [0.4, 0.5) is 5.69 Å². The number of nitrogens with zero attached hydrogens (tertiary/aromatic N) is 2. The third-order valence-electron chi connectivity index (χ3n) is 6.30. The first-order valence-corrected chi connectivity index (χ1v) is 10.1. The van der Waals surface area contributed by atoms with E-state index in [1.165, 1.54) is 0 Å². The summed E-state index contributed by atoms with van der Waals surface area (Å²) in [7, 11) is 0. The maximum Gasteiger partial charge on any atom is 0.268 e. The fourth-order valence-electron chi connectivity index (χ4n) is 4.36. The molecule has 1 saturated carbocycles. The fraction of sp³-hybridized carbons (Fsp3) is 0.250. The number of anilines is 1. The van der Waals surface area contributed by atoms with E-state index >= 15 is 0 Å². The second kappa shape index (κ2) is 5.98. The molecule has 1 N–H and O–H groups in total. The van der Waals surface area contributed by atoms with Gasteiger partial charge in [0.25, 0.3) is 5.91 Å². The van der Waals surface area contributed by atoms with Gasteiger partial charge in [0.2, 0.25) is 5.88 Å². The zero-order valence-electron chi connectivity index (χ0n) is 16.5. The lowest BCUT2D eigenvalue weighted by Gasteiger charge is -2.26. The average molecular weight is 397 g/mol. The van der Waals surface area contributed by atoms with Crippen LogP contribution in [-0.2, 0) is 16.0 Å². The molecule has 0 atom stereocenters. The van der Waals surface area contributed by atoms with E-state index in [0.717, 1.165) is 52.8 Å². The molecule has 1 aromatic heterocycles. The summed E-state index contributed by atoms with van der Waals surface area (Å²) >= 11 is 0. The summed E-state index contributed by atoms with van der Waals surface area (Å²) in [5.74, 6) is 0.511.